The number of carboxylic acid groups (broad SMARTS) is 1. The van der Waals surface area contributed by atoms with Crippen LogP contribution in [-0.2, 0) is 22.5 Å². The SMILES string of the molecule is NCc1cccc(-c2cc(OCC3CCCO3)cc(C(=O)Nc3ccccc3CC(=O)O)c2)c1. The molecule has 1 heterocycles. The first-order chi connectivity index (χ1) is 16.5. The van der Waals surface area contributed by atoms with E-state index in [1.54, 1.807) is 36.4 Å². The summed E-state index contributed by atoms with van der Waals surface area (Å²) in [4.78, 5) is 24.4. The number of carbonyl (C=O) groups excluding carboxylic acids is 1. The Morgan fingerprint density at radius 3 is 2.68 bits per heavy atom. The van der Waals surface area contributed by atoms with Crippen LogP contribution < -0.4 is 15.8 Å². The average molecular weight is 461 g/mol. The molecule has 7 heteroatoms. The summed E-state index contributed by atoms with van der Waals surface area (Å²) in [7, 11) is 0. The molecule has 1 unspecified atom stereocenters. The lowest BCUT2D eigenvalue weighted by Gasteiger charge is -2.15. The fourth-order valence-electron chi connectivity index (χ4n) is 3.98. The molecule has 3 aromatic rings. The largest absolute Gasteiger partial charge is 0.491 e. The van der Waals surface area contributed by atoms with Gasteiger partial charge in [0.05, 0.1) is 12.5 Å². The summed E-state index contributed by atoms with van der Waals surface area (Å²) in [6, 6.07) is 20.1. The number of carbonyl (C=O) groups is 2. The molecule has 0 spiro atoms. The molecule has 0 radical (unpaired) electrons. The molecule has 34 heavy (non-hydrogen) atoms. The Morgan fingerprint density at radius 2 is 1.91 bits per heavy atom. The third-order valence-corrected chi connectivity index (χ3v) is 5.73. The van der Waals surface area contributed by atoms with Gasteiger partial charge in [-0.1, -0.05) is 36.4 Å². The van der Waals surface area contributed by atoms with Crippen LogP contribution in [0.3, 0.4) is 0 Å². The summed E-state index contributed by atoms with van der Waals surface area (Å²) in [5.74, 6) is -0.750. The van der Waals surface area contributed by atoms with Gasteiger partial charge in [0, 0.05) is 24.4 Å². The van der Waals surface area contributed by atoms with Crippen molar-refractivity contribution in [2.24, 2.45) is 5.73 Å². The number of amides is 1. The van der Waals surface area contributed by atoms with Gasteiger partial charge in [0.1, 0.15) is 12.4 Å². The van der Waals surface area contributed by atoms with Crippen molar-refractivity contribution < 1.29 is 24.2 Å². The molecule has 3 aromatic carbocycles. The first-order valence-corrected chi connectivity index (χ1v) is 11.3. The number of carboxylic acids is 1. The molecular formula is C27H28N2O5. The van der Waals surface area contributed by atoms with Crippen LogP contribution >= 0.6 is 0 Å². The Morgan fingerprint density at radius 1 is 1.06 bits per heavy atom. The zero-order valence-electron chi connectivity index (χ0n) is 18.8. The van der Waals surface area contributed by atoms with Crippen LogP contribution in [0.15, 0.2) is 66.7 Å². The van der Waals surface area contributed by atoms with Crippen molar-refractivity contribution in [2.45, 2.75) is 31.9 Å². The van der Waals surface area contributed by atoms with Gasteiger partial charge in [-0.2, -0.15) is 0 Å². The van der Waals surface area contributed by atoms with Gasteiger partial charge in [-0.25, -0.2) is 0 Å². The molecule has 1 saturated heterocycles. The number of nitrogens with two attached hydrogens (primary N) is 1. The second-order valence-corrected chi connectivity index (χ2v) is 8.28. The van der Waals surface area contributed by atoms with Crippen molar-refractivity contribution in [3.05, 3.63) is 83.4 Å². The van der Waals surface area contributed by atoms with Crippen molar-refractivity contribution in [2.75, 3.05) is 18.5 Å². The number of ether oxygens (including phenoxy) is 2. The normalized spacial score (nSPS) is 15.1. The minimum Gasteiger partial charge on any atom is -0.491 e. The van der Waals surface area contributed by atoms with E-state index in [1.807, 2.05) is 30.3 Å². The van der Waals surface area contributed by atoms with Crippen LogP contribution in [-0.4, -0.2) is 36.3 Å². The quantitative estimate of drug-likeness (QED) is 0.440. The first-order valence-electron chi connectivity index (χ1n) is 11.3. The lowest BCUT2D eigenvalue weighted by Crippen LogP contribution is -2.17. The highest BCUT2D eigenvalue weighted by Crippen LogP contribution is 2.28. The van der Waals surface area contributed by atoms with Gasteiger partial charge in [0.2, 0.25) is 0 Å². The van der Waals surface area contributed by atoms with E-state index >= 15 is 0 Å². The van der Waals surface area contributed by atoms with Crippen LogP contribution in [0.2, 0.25) is 0 Å². The Kier molecular flexibility index (Phi) is 7.57. The van der Waals surface area contributed by atoms with Crippen molar-refractivity contribution in [3.63, 3.8) is 0 Å². The van der Waals surface area contributed by atoms with E-state index in [9.17, 15) is 14.7 Å². The molecule has 0 aromatic heterocycles. The average Bonchev–Trinajstić information content (AvgIpc) is 3.37. The molecule has 176 valence electrons. The van der Waals surface area contributed by atoms with Crippen LogP contribution in [0.1, 0.15) is 34.3 Å². The Labute approximate surface area is 198 Å². The zero-order valence-corrected chi connectivity index (χ0v) is 18.8. The van der Waals surface area contributed by atoms with Crippen LogP contribution in [0.5, 0.6) is 5.75 Å². The van der Waals surface area contributed by atoms with E-state index in [0.717, 1.165) is 36.1 Å². The molecule has 0 bridgehead atoms. The number of anilines is 1. The fraction of sp³-hybridized carbons (Fsp3) is 0.259. The molecule has 0 saturated carbocycles. The van der Waals surface area contributed by atoms with Gasteiger partial charge in [-0.3, -0.25) is 9.59 Å². The molecule has 1 aliphatic heterocycles. The summed E-state index contributed by atoms with van der Waals surface area (Å²) < 4.78 is 11.7. The third kappa shape index (κ3) is 6.01. The van der Waals surface area contributed by atoms with Crippen LogP contribution in [0, 0.1) is 0 Å². The minimum atomic E-state index is -0.965. The maximum atomic E-state index is 13.2. The zero-order chi connectivity index (χ0) is 23.9. The molecule has 1 atom stereocenters. The summed E-state index contributed by atoms with van der Waals surface area (Å²) in [6.07, 6.45) is 1.83. The van der Waals surface area contributed by atoms with Gasteiger partial charge in [0.25, 0.3) is 5.91 Å². The molecule has 1 fully saturated rings. The molecular weight excluding hydrogens is 432 g/mol. The topological polar surface area (TPSA) is 111 Å². The van der Waals surface area contributed by atoms with E-state index in [1.165, 1.54) is 0 Å². The van der Waals surface area contributed by atoms with Gasteiger partial charge < -0.3 is 25.6 Å². The molecule has 4 rings (SSSR count). The van der Waals surface area contributed by atoms with E-state index in [2.05, 4.69) is 5.32 Å². The molecule has 7 nitrogen and oxygen atoms in total. The van der Waals surface area contributed by atoms with Gasteiger partial charge in [-0.15, -0.1) is 0 Å². The number of benzene rings is 3. The van der Waals surface area contributed by atoms with E-state index in [4.69, 9.17) is 15.2 Å². The molecule has 4 N–H and O–H groups in total. The minimum absolute atomic E-state index is 0.0457. The lowest BCUT2D eigenvalue weighted by molar-refractivity contribution is -0.136. The lowest BCUT2D eigenvalue weighted by atomic mass is 10.00. The molecule has 1 aliphatic rings. The van der Waals surface area contributed by atoms with Crippen LogP contribution in [0.25, 0.3) is 11.1 Å². The highest BCUT2D eigenvalue weighted by atomic mass is 16.5. The second kappa shape index (κ2) is 11.0. The fourth-order valence-corrected chi connectivity index (χ4v) is 3.98. The van der Waals surface area contributed by atoms with Crippen molar-refractivity contribution in [1.29, 1.82) is 0 Å². The number of rotatable bonds is 9. The summed E-state index contributed by atoms with van der Waals surface area (Å²) in [5, 5.41) is 12.0. The van der Waals surface area contributed by atoms with Gasteiger partial charge >= 0.3 is 5.97 Å². The monoisotopic (exact) mass is 460 g/mol. The summed E-state index contributed by atoms with van der Waals surface area (Å²) >= 11 is 0. The Balaban J connectivity index is 1.64. The number of hydrogen-bond acceptors (Lipinski definition) is 5. The summed E-state index contributed by atoms with van der Waals surface area (Å²) in [6.45, 7) is 1.56. The van der Waals surface area contributed by atoms with E-state index in [-0.39, 0.29) is 18.4 Å². The van der Waals surface area contributed by atoms with E-state index in [0.29, 0.717) is 35.7 Å². The highest BCUT2D eigenvalue weighted by Gasteiger charge is 2.18. The van der Waals surface area contributed by atoms with Gasteiger partial charge in [0.15, 0.2) is 0 Å². The van der Waals surface area contributed by atoms with Crippen molar-refractivity contribution in [3.8, 4) is 16.9 Å². The maximum Gasteiger partial charge on any atom is 0.307 e. The number of aliphatic carboxylic acids is 1. The Hall–Kier alpha value is -3.68. The third-order valence-electron chi connectivity index (χ3n) is 5.73. The highest BCUT2D eigenvalue weighted by molar-refractivity contribution is 6.06. The smallest absolute Gasteiger partial charge is 0.307 e. The number of nitrogens with one attached hydrogen (secondary N) is 1. The van der Waals surface area contributed by atoms with Crippen molar-refractivity contribution >= 4 is 17.6 Å². The van der Waals surface area contributed by atoms with Crippen molar-refractivity contribution in [1.82, 2.24) is 0 Å². The Bertz CT molecular complexity index is 1170. The molecule has 0 aliphatic carbocycles. The summed E-state index contributed by atoms with van der Waals surface area (Å²) in [5.41, 5.74) is 9.94. The molecule has 1 amide bonds. The first kappa shape index (κ1) is 23.5. The number of para-hydroxylation sites is 1. The predicted molar refractivity (Wildman–Crippen MR) is 130 cm³/mol. The predicted octanol–water partition coefficient (Wildman–Crippen LogP) is 4.25. The second-order valence-electron chi connectivity index (χ2n) is 8.28. The van der Waals surface area contributed by atoms with E-state index < -0.39 is 5.97 Å². The maximum absolute atomic E-state index is 13.2. The van der Waals surface area contributed by atoms with Gasteiger partial charge in [-0.05, 0) is 65.4 Å². The number of hydrogen-bond donors (Lipinski definition) is 3. The van der Waals surface area contributed by atoms with Crippen LogP contribution in [0.4, 0.5) is 5.69 Å². The standard InChI is InChI=1S/C27H28N2O5/c28-16-18-5-3-7-19(11-18)21-12-22(14-24(13-21)34-17-23-8-4-10-33-23)27(32)29-25-9-2-1-6-20(25)15-26(30)31/h1-3,5-7,9,11-14,23H,4,8,10,15-17,28H2,(H,29,32)(H,30,31).